The summed E-state index contributed by atoms with van der Waals surface area (Å²) >= 11 is 2.23. The van der Waals surface area contributed by atoms with Gasteiger partial charge in [-0.25, -0.2) is 15.8 Å². The third-order valence-corrected chi connectivity index (χ3v) is 2.55. The number of nitrogens with two attached hydrogens (primary N) is 1. The number of nitrogen functional groups attached to an aromatic ring is 1. The maximum absolute atomic E-state index is 5.53. The lowest BCUT2D eigenvalue weighted by molar-refractivity contribution is 0.462. The van der Waals surface area contributed by atoms with Gasteiger partial charge in [-0.05, 0) is 46.9 Å². The lowest BCUT2D eigenvalue weighted by Crippen LogP contribution is -2.08. The van der Waals surface area contributed by atoms with Crippen LogP contribution in [0.3, 0.4) is 0 Å². The second-order valence-electron chi connectivity index (χ2n) is 2.94. The lowest BCUT2D eigenvalue weighted by Gasteiger charge is -2.05. The molecule has 0 saturated carbocycles. The SMILES string of the molecule is NNc1cc(Oc2ccc(I)cc2)ncn1. The molecule has 1 aromatic carbocycles. The molecule has 16 heavy (non-hydrogen) atoms. The van der Waals surface area contributed by atoms with Crippen LogP contribution in [-0.2, 0) is 0 Å². The van der Waals surface area contributed by atoms with Gasteiger partial charge in [-0.3, -0.25) is 0 Å². The van der Waals surface area contributed by atoms with Gasteiger partial charge in [-0.15, -0.1) is 0 Å². The molecule has 6 heteroatoms. The second-order valence-corrected chi connectivity index (χ2v) is 4.19. The molecule has 0 saturated heterocycles. The third kappa shape index (κ3) is 2.80. The third-order valence-electron chi connectivity index (χ3n) is 1.83. The summed E-state index contributed by atoms with van der Waals surface area (Å²) in [5.74, 6) is 6.92. The number of hydrogen-bond acceptors (Lipinski definition) is 5. The number of benzene rings is 1. The van der Waals surface area contributed by atoms with Crippen molar-refractivity contribution in [2.75, 3.05) is 5.43 Å². The van der Waals surface area contributed by atoms with Gasteiger partial charge in [0, 0.05) is 9.64 Å². The van der Waals surface area contributed by atoms with Crippen LogP contribution < -0.4 is 16.0 Å². The quantitative estimate of drug-likeness (QED) is 0.513. The molecule has 1 aromatic heterocycles. The van der Waals surface area contributed by atoms with Crippen LogP contribution in [0.25, 0.3) is 0 Å². The first-order chi connectivity index (χ1) is 7.78. The van der Waals surface area contributed by atoms with E-state index in [1.807, 2.05) is 24.3 Å². The fourth-order valence-electron chi connectivity index (χ4n) is 1.10. The monoisotopic (exact) mass is 328 g/mol. The number of nitrogens with one attached hydrogen (secondary N) is 1. The van der Waals surface area contributed by atoms with Crippen molar-refractivity contribution in [3.05, 3.63) is 40.2 Å². The van der Waals surface area contributed by atoms with Gasteiger partial charge < -0.3 is 10.2 Å². The van der Waals surface area contributed by atoms with Crippen LogP contribution in [0, 0.1) is 3.57 Å². The number of anilines is 1. The first-order valence-corrected chi connectivity index (χ1v) is 5.58. The summed E-state index contributed by atoms with van der Waals surface area (Å²) in [7, 11) is 0. The van der Waals surface area contributed by atoms with E-state index < -0.39 is 0 Å². The van der Waals surface area contributed by atoms with Crippen LogP contribution in [0.4, 0.5) is 5.82 Å². The van der Waals surface area contributed by atoms with Gasteiger partial charge in [0.1, 0.15) is 17.9 Å². The zero-order chi connectivity index (χ0) is 11.4. The molecule has 82 valence electrons. The van der Waals surface area contributed by atoms with Gasteiger partial charge in [0.2, 0.25) is 5.88 Å². The molecular formula is C10H9IN4O. The summed E-state index contributed by atoms with van der Waals surface area (Å²) in [5.41, 5.74) is 2.43. The topological polar surface area (TPSA) is 73.1 Å². The highest BCUT2D eigenvalue weighted by Crippen LogP contribution is 2.21. The van der Waals surface area contributed by atoms with E-state index in [-0.39, 0.29) is 0 Å². The number of aromatic nitrogens is 2. The Morgan fingerprint density at radius 2 is 1.94 bits per heavy atom. The second kappa shape index (κ2) is 5.08. The largest absolute Gasteiger partial charge is 0.439 e. The summed E-state index contributed by atoms with van der Waals surface area (Å²) in [6.07, 6.45) is 1.39. The van der Waals surface area contributed by atoms with Gasteiger partial charge in [-0.1, -0.05) is 0 Å². The number of ether oxygens (including phenoxy) is 1. The van der Waals surface area contributed by atoms with Crippen molar-refractivity contribution >= 4 is 28.4 Å². The maximum atomic E-state index is 5.53. The van der Waals surface area contributed by atoms with E-state index in [4.69, 9.17) is 10.6 Å². The molecule has 2 rings (SSSR count). The highest BCUT2D eigenvalue weighted by atomic mass is 127. The number of rotatable bonds is 3. The Hall–Kier alpha value is -1.41. The predicted octanol–water partition coefficient (Wildman–Crippen LogP) is 2.16. The molecule has 0 aliphatic rings. The number of nitrogens with zero attached hydrogens (tertiary/aromatic N) is 2. The van der Waals surface area contributed by atoms with Crippen LogP contribution >= 0.6 is 22.6 Å². The fraction of sp³-hybridized carbons (Fsp3) is 0. The van der Waals surface area contributed by atoms with Gasteiger partial charge in [0.05, 0.1) is 0 Å². The molecule has 5 nitrogen and oxygen atoms in total. The zero-order valence-corrected chi connectivity index (χ0v) is 10.4. The fourth-order valence-corrected chi connectivity index (χ4v) is 1.46. The molecule has 0 amide bonds. The Labute approximate surface area is 106 Å². The van der Waals surface area contributed by atoms with E-state index in [0.29, 0.717) is 11.7 Å². The van der Waals surface area contributed by atoms with E-state index in [9.17, 15) is 0 Å². The summed E-state index contributed by atoms with van der Waals surface area (Å²) in [6, 6.07) is 9.29. The predicted molar refractivity (Wildman–Crippen MR) is 69.1 cm³/mol. The molecule has 0 aliphatic carbocycles. The number of hydrazine groups is 1. The smallest absolute Gasteiger partial charge is 0.224 e. The molecule has 0 bridgehead atoms. The molecule has 0 aliphatic heterocycles. The average molecular weight is 328 g/mol. The molecule has 0 atom stereocenters. The maximum Gasteiger partial charge on any atom is 0.224 e. The van der Waals surface area contributed by atoms with Crippen molar-refractivity contribution in [3.8, 4) is 11.6 Å². The van der Waals surface area contributed by atoms with Crippen LogP contribution in [0.2, 0.25) is 0 Å². The van der Waals surface area contributed by atoms with Crippen molar-refractivity contribution in [3.63, 3.8) is 0 Å². The van der Waals surface area contributed by atoms with Gasteiger partial charge in [0.15, 0.2) is 0 Å². The Kier molecular flexibility index (Phi) is 3.52. The molecular weight excluding hydrogens is 319 g/mol. The Bertz CT molecular complexity index is 475. The summed E-state index contributed by atoms with van der Waals surface area (Å²) in [6.45, 7) is 0. The highest BCUT2D eigenvalue weighted by molar-refractivity contribution is 14.1. The first-order valence-electron chi connectivity index (χ1n) is 4.50. The van der Waals surface area contributed by atoms with Crippen molar-refractivity contribution in [2.45, 2.75) is 0 Å². The van der Waals surface area contributed by atoms with Crippen LogP contribution in [0.5, 0.6) is 11.6 Å². The van der Waals surface area contributed by atoms with E-state index in [1.54, 1.807) is 6.07 Å². The molecule has 1 heterocycles. The van der Waals surface area contributed by atoms with Gasteiger partial charge in [-0.2, -0.15) is 0 Å². The van der Waals surface area contributed by atoms with Crippen molar-refractivity contribution in [2.24, 2.45) is 5.84 Å². The molecule has 0 radical (unpaired) electrons. The zero-order valence-electron chi connectivity index (χ0n) is 8.22. The molecule has 0 unspecified atom stereocenters. The van der Waals surface area contributed by atoms with Crippen LogP contribution in [-0.4, -0.2) is 9.97 Å². The van der Waals surface area contributed by atoms with E-state index in [1.165, 1.54) is 6.33 Å². The van der Waals surface area contributed by atoms with Crippen LogP contribution in [0.1, 0.15) is 0 Å². The number of hydrogen-bond donors (Lipinski definition) is 2. The molecule has 0 fully saturated rings. The van der Waals surface area contributed by atoms with Crippen molar-refractivity contribution in [1.29, 1.82) is 0 Å². The van der Waals surface area contributed by atoms with E-state index >= 15 is 0 Å². The minimum Gasteiger partial charge on any atom is -0.439 e. The Morgan fingerprint density at radius 3 is 2.62 bits per heavy atom. The normalized spacial score (nSPS) is 9.88. The lowest BCUT2D eigenvalue weighted by atomic mass is 10.3. The summed E-state index contributed by atoms with van der Waals surface area (Å²) < 4.78 is 6.68. The van der Waals surface area contributed by atoms with Crippen molar-refractivity contribution in [1.82, 2.24) is 9.97 Å². The Balaban J connectivity index is 2.16. The highest BCUT2D eigenvalue weighted by Gasteiger charge is 2.00. The van der Waals surface area contributed by atoms with E-state index in [2.05, 4.69) is 38.0 Å². The molecule has 2 aromatic rings. The first kappa shape index (κ1) is 11.1. The average Bonchev–Trinajstić information content (AvgIpc) is 2.32. The molecule has 3 N–H and O–H groups in total. The minimum absolute atomic E-state index is 0.448. The Morgan fingerprint density at radius 1 is 1.19 bits per heavy atom. The van der Waals surface area contributed by atoms with E-state index in [0.717, 1.165) is 9.32 Å². The van der Waals surface area contributed by atoms with Crippen molar-refractivity contribution < 1.29 is 4.74 Å². The van der Waals surface area contributed by atoms with Gasteiger partial charge >= 0.3 is 0 Å². The molecule has 0 spiro atoms. The van der Waals surface area contributed by atoms with Crippen LogP contribution in [0.15, 0.2) is 36.7 Å². The minimum atomic E-state index is 0.448. The van der Waals surface area contributed by atoms with Gasteiger partial charge in [0.25, 0.3) is 0 Å². The summed E-state index contributed by atoms with van der Waals surface area (Å²) in [4.78, 5) is 7.86. The summed E-state index contributed by atoms with van der Waals surface area (Å²) in [5, 5.41) is 0. The standard InChI is InChI=1S/C10H9IN4O/c11-7-1-3-8(4-2-7)16-10-5-9(15-12)13-6-14-10/h1-6H,12H2,(H,13,14,15). The number of halogens is 1.